The van der Waals surface area contributed by atoms with E-state index in [4.69, 9.17) is 4.74 Å². The van der Waals surface area contributed by atoms with Gasteiger partial charge in [-0.15, -0.1) is 11.3 Å². The van der Waals surface area contributed by atoms with Gasteiger partial charge in [-0.1, -0.05) is 30.3 Å². The van der Waals surface area contributed by atoms with Crippen LogP contribution >= 0.6 is 11.3 Å². The normalized spacial score (nSPS) is 14.3. The third-order valence-electron chi connectivity index (χ3n) is 5.65. The number of aromatic nitrogens is 2. The van der Waals surface area contributed by atoms with Crippen molar-refractivity contribution in [1.82, 2.24) is 10.2 Å². The number of aromatic amines is 1. The summed E-state index contributed by atoms with van der Waals surface area (Å²) in [6.07, 6.45) is 3.98. The maximum atomic E-state index is 13.0. The van der Waals surface area contributed by atoms with Crippen LogP contribution in [-0.2, 0) is 4.74 Å². The summed E-state index contributed by atoms with van der Waals surface area (Å²) < 4.78 is 5.49. The van der Waals surface area contributed by atoms with Crippen molar-refractivity contribution < 1.29 is 9.53 Å². The Bertz CT molecular complexity index is 1280. The summed E-state index contributed by atoms with van der Waals surface area (Å²) in [5.74, 6) is -0.0866. The SMILES string of the molecule is Cc1ccsc1C(=O)Nc1cc(N2CCOCC2)ccc1/C=C/c1n[nH]c2ccccc12. The summed E-state index contributed by atoms with van der Waals surface area (Å²) in [5.41, 5.74) is 5.63. The van der Waals surface area contributed by atoms with Gasteiger partial charge in [-0.3, -0.25) is 9.89 Å². The van der Waals surface area contributed by atoms with Crippen LogP contribution < -0.4 is 10.2 Å². The molecule has 162 valence electrons. The molecular weight excluding hydrogens is 420 g/mol. The standard InChI is InChI=1S/C25H24N4O2S/c1-17-10-15-32-24(17)25(30)26-23-16-19(29-11-13-31-14-12-29)8-6-18(23)7-9-22-20-4-2-3-5-21(20)27-28-22/h2-10,15-16H,11-14H2,1H3,(H,26,30)(H,27,28)/b9-7+. The number of aryl methyl sites for hydroxylation is 1. The minimum atomic E-state index is -0.0866. The van der Waals surface area contributed by atoms with Crippen molar-refractivity contribution in [3.05, 3.63) is 75.6 Å². The van der Waals surface area contributed by atoms with E-state index in [1.807, 2.05) is 60.9 Å². The van der Waals surface area contributed by atoms with E-state index >= 15 is 0 Å². The quantitative estimate of drug-likeness (QED) is 0.444. The monoisotopic (exact) mass is 444 g/mol. The number of thiophene rings is 1. The van der Waals surface area contributed by atoms with E-state index in [-0.39, 0.29) is 5.91 Å². The highest BCUT2D eigenvalue weighted by Gasteiger charge is 2.16. The van der Waals surface area contributed by atoms with Gasteiger partial charge < -0.3 is 15.0 Å². The van der Waals surface area contributed by atoms with E-state index in [9.17, 15) is 4.79 Å². The van der Waals surface area contributed by atoms with Crippen LogP contribution in [0.4, 0.5) is 11.4 Å². The molecule has 1 amide bonds. The molecule has 2 N–H and O–H groups in total. The fraction of sp³-hybridized carbons (Fsp3) is 0.200. The molecule has 0 atom stereocenters. The third kappa shape index (κ3) is 4.17. The number of nitrogens with zero attached hydrogens (tertiary/aromatic N) is 2. The number of hydrogen-bond acceptors (Lipinski definition) is 5. The zero-order valence-corrected chi connectivity index (χ0v) is 18.6. The first-order valence-electron chi connectivity index (χ1n) is 10.6. The number of anilines is 2. The van der Waals surface area contributed by atoms with E-state index in [1.165, 1.54) is 11.3 Å². The first-order chi connectivity index (χ1) is 15.7. The average Bonchev–Trinajstić information content (AvgIpc) is 3.45. The highest BCUT2D eigenvalue weighted by Crippen LogP contribution is 2.28. The van der Waals surface area contributed by atoms with Crippen molar-refractivity contribution in [2.45, 2.75) is 6.92 Å². The van der Waals surface area contributed by atoms with Gasteiger partial charge in [0, 0.05) is 24.2 Å². The van der Waals surface area contributed by atoms with E-state index in [2.05, 4.69) is 32.5 Å². The molecular formula is C25H24N4O2S. The number of rotatable bonds is 5. The summed E-state index contributed by atoms with van der Waals surface area (Å²) >= 11 is 1.46. The molecule has 0 bridgehead atoms. The first kappa shape index (κ1) is 20.5. The molecule has 5 rings (SSSR count). The first-order valence-corrected chi connectivity index (χ1v) is 11.5. The summed E-state index contributed by atoms with van der Waals surface area (Å²) in [7, 11) is 0. The Morgan fingerprint density at radius 1 is 1.16 bits per heavy atom. The second-order valence-electron chi connectivity index (χ2n) is 7.75. The molecule has 0 radical (unpaired) electrons. The minimum Gasteiger partial charge on any atom is -0.378 e. The van der Waals surface area contributed by atoms with Crippen molar-refractivity contribution in [3.63, 3.8) is 0 Å². The molecule has 0 unspecified atom stereocenters. The fourth-order valence-electron chi connectivity index (χ4n) is 3.88. The Kier molecular flexibility index (Phi) is 5.75. The Balaban J connectivity index is 1.48. The lowest BCUT2D eigenvalue weighted by atomic mass is 10.1. The van der Waals surface area contributed by atoms with Gasteiger partial charge >= 0.3 is 0 Å². The molecule has 3 heterocycles. The van der Waals surface area contributed by atoms with Crippen LogP contribution in [0.2, 0.25) is 0 Å². The van der Waals surface area contributed by atoms with Crippen molar-refractivity contribution >= 4 is 51.7 Å². The third-order valence-corrected chi connectivity index (χ3v) is 6.67. The van der Waals surface area contributed by atoms with Crippen LogP contribution in [0.1, 0.15) is 26.5 Å². The van der Waals surface area contributed by atoms with Crippen LogP contribution in [0.25, 0.3) is 23.1 Å². The van der Waals surface area contributed by atoms with Crippen LogP contribution in [0.3, 0.4) is 0 Å². The Morgan fingerprint density at radius 2 is 2.00 bits per heavy atom. The molecule has 0 spiro atoms. The lowest BCUT2D eigenvalue weighted by molar-refractivity contribution is 0.103. The number of H-pyrrole nitrogens is 1. The number of fused-ring (bicyclic) bond motifs is 1. The van der Waals surface area contributed by atoms with Crippen molar-refractivity contribution in [1.29, 1.82) is 0 Å². The number of para-hydroxylation sites is 1. The highest BCUT2D eigenvalue weighted by atomic mass is 32.1. The molecule has 0 saturated carbocycles. The predicted molar refractivity (Wildman–Crippen MR) is 132 cm³/mol. The van der Waals surface area contributed by atoms with Crippen LogP contribution in [0.5, 0.6) is 0 Å². The van der Waals surface area contributed by atoms with Gasteiger partial charge in [0.05, 0.1) is 35.0 Å². The van der Waals surface area contributed by atoms with Gasteiger partial charge in [-0.2, -0.15) is 5.10 Å². The Morgan fingerprint density at radius 3 is 2.81 bits per heavy atom. The van der Waals surface area contributed by atoms with E-state index in [0.717, 1.165) is 57.1 Å². The maximum absolute atomic E-state index is 13.0. The lowest BCUT2D eigenvalue weighted by Crippen LogP contribution is -2.36. The van der Waals surface area contributed by atoms with Crippen LogP contribution in [0, 0.1) is 6.92 Å². The van der Waals surface area contributed by atoms with Gasteiger partial charge in [0.2, 0.25) is 0 Å². The summed E-state index contributed by atoms with van der Waals surface area (Å²) in [6.45, 7) is 5.06. The lowest BCUT2D eigenvalue weighted by Gasteiger charge is -2.29. The van der Waals surface area contributed by atoms with Crippen molar-refractivity contribution in [3.8, 4) is 0 Å². The number of carbonyl (C=O) groups excluding carboxylic acids is 1. The predicted octanol–water partition coefficient (Wildman–Crippen LogP) is 5.19. The van der Waals surface area contributed by atoms with Gasteiger partial charge in [0.15, 0.2) is 0 Å². The molecule has 4 aromatic rings. The molecule has 0 aliphatic carbocycles. The average molecular weight is 445 g/mol. The molecule has 2 aromatic carbocycles. The zero-order chi connectivity index (χ0) is 21.9. The number of benzene rings is 2. The molecule has 6 nitrogen and oxygen atoms in total. The second-order valence-corrected chi connectivity index (χ2v) is 8.66. The second kappa shape index (κ2) is 8.98. The number of ether oxygens (including phenoxy) is 1. The number of hydrogen-bond donors (Lipinski definition) is 2. The number of amides is 1. The smallest absolute Gasteiger partial charge is 0.266 e. The molecule has 32 heavy (non-hydrogen) atoms. The van der Waals surface area contributed by atoms with Crippen molar-refractivity contribution in [2.24, 2.45) is 0 Å². The van der Waals surface area contributed by atoms with Gasteiger partial charge in [0.1, 0.15) is 0 Å². The number of nitrogens with one attached hydrogen (secondary N) is 2. The summed E-state index contributed by atoms with van der Waals surface area (Å²) in [5, 5.41) is 13.6. The zero-order valence-electron chi connectivity index (χ0n) is 17.8. The summed E-state index contributed by atoms with van der Waals surface area (Å²) in [4.78, 5) is 16.0. The molecule has 1 saturated heterocycles. The highest BCUT2D eigenvalue weighted by molar-refractivity contribution is 7.12. The minimum absolute atomic E-state index is 0.0866. The van der Waals surface area contributed by atoms with E-state index in [1.54, 1.807) is 0 Å². The Hall–Kier alpha value is -3.42. The fourth-order valence-corrected chi connectivity index (χ4v) is 4.70. The number of morpholine rings is 1. The molecule has 1 aliphatic rings. The molecule has 2 aromatic heterocycles. The largest absolute Gasteiger partial charge is 0.378 e. The molecule has 1 aliphatic heterocycles. The summed E-state index contributed by atoms with van der Waals surface area (Å²) in [6, 6.07) is 16.2. The molecule has 7 heteroatoms. The van der Waals surface area contributed by atoms with Gasteiger partial charge in [-0.05, 0) is 53.8 Å². The maximum Gasteiger partial charge on any atom is 0.266 e. The Labute approximate surface area is 190 Å². The molecule has 1 fully saturated rings. The van der Waals surface area contributed by atoms with Crippen LogP contribution in [-0.4, -0.2) is 42.4 Å². The van der Waals surface area contributed by atoms with Crippen molar-refractivity contribution in [2.75, 3.05) is 36.5 Å². The van der Waals surface area contributed by atoms with Gasteiger partial charge in [0.25, 0.3) is 5.91 Å². The topological polar surface area (TPSA) is 70.2 Å². The van der Waals surface area contributed by atoms with E-state index in [0.29, 0.717) is 13.2 Å². The number of carbonyl (C=O) groups is 1. The van der Waals surface area contributed by atoms with E-state index < -0.39 is 0 Å². The van der Waals surface area contributed by atoms with Crippen LogP contribution in [0.15, 0.2) is 53.9 Å². The van der Waals surface area contributed by atoms with Gasteiger partial charge in [-0.25, -0.2) is 0 Å².